The third-order valence-corrected chi connectivity index (χ3v) is 5.71. The summed E-state index contributed by atoms with van der Waals surface area (Å²) in [6.45, 7) is 2.65. The van der Waals surface area contributed by atoms with Crippen LogP contribution in [-0.4, -0.2) is 28.0 Å². The van der Waals surface area contributed by atoms with E-state index in [2.05, 4.69) is 16.9 Å². The highest BCUT2D eigenvalue weighted by Gasteiger charge is 2.21. The third kappa shape index (κ3) is 2.69. The van der Waals surface area contributed by atoms with Gasteiger partial charge in [-0.05, 0) is 36.7 Å². The van der Waals surface area contributed by atoms with E-state index in [0.29, 0.717) is 12.0 Å². The Labute approximate surface area is 143 Å². The number of thiophene rings is 1. The summed E-state index contributed by atoms with van der Waals surface area (Å²) in [6.07, 6.45) is 2.79. The van der Waals surface area contributed by atoms with Crippen molar-refractivity contribution < 1.29 is 0 Å². The lowest BCUT2D eigenvalue weighted by molar-refractivity contribution is 0.318. The van der Waals surface area contributed by atoms with Crippen LogP contribution in [0.5, 0.6) is 0 Å². The molecule has 3 heterocycles. The summed E-state index contributed by atoms with van der Waals surface area (Å²) in [5.41, 5.74) is 3.01. The molecule has 2 aromatic heterocycles. The standard InChI is InChI=1S/C17H17ClN4S/c1-21-7-6-13-14(9-21)23-17-15(13)16(19)22(10-20-17)8-11-2-4-12(18)5-3-11/h2-5,10,19H,6-9H2,1H3. The van der Waals surface area contributed by atoms with Crippen LogP contribution >= 0.6 is 22.9 Å². The first kappa shape index (κ1) is 14.9. The van der Waals surface area contributed by atoms with Gasteiger partial charge in [0, 0.05) is 23.0 Å². The van der Waals surface area contributed by atoms with Gasteiger partial charge in [0.25, 0.3) is 0 Å². The average Bonchev–Trinajstić information content (AvgIpc) is 2.90. The zero-order chi connectivity index (χ0) is 16.0. The van der Waals surface area contributed by atoms with Crippen LogP contribution in [-0.2, 0) is 19.5 Å². The average molecular weight is 345 g/mol. The Hall–Kier alpha value is -1.69. The second kappa shape index (κ2) is 5.74. The number of nitrogens with one attached hydrogen (secondary N) is 1. The number of hydrogen-bond donors (Lipinski definition) is 1. The highest BCUT2D eigenvalue weighted by atomic mass is 35.5. The lowest BCUT2D eigenvalue weighted by atomic mass is 10.1. The van der Waals surface area contributed by atoms with Gasteiger partial charge in [-0.25, -0.2) is 4.98 Å². The molecule has 0 fully saturated rings. The van der Waals surface area contributed by atoms with Crippen molar-refractivity contribution in [3.05, 3.63) is 57.1 Å². The molecule has 0 saturated heterocycles. The molecular formula is C17H17ClN4S. The summed E-state index contributed by atoms with van der Waals surface area (Å²) in [7, 11) is 2.14. The maximum atomic E-state index is 8.63. The van der Waals surface area contributed by atoms with Crippen LogP contribution in [0.3, 0.4) is 0 Å². The number of likely N-dealkylation sites (N-methyl/N-ethyl adjacent to an activating group) is 1. The van der Waals surface area contributed by atoms with Gasteiger partial charge >= 0.3 is 0 Å². The van der Waals surface area contributed by atoms with E-state index < -0.39 is 0 Å². The van der Waals surface area contributed by atoms with Gasteiger partial charge in [0.2, 0.25) is 0 Å². The van der Waals surface area contributed by atoms with E-state index in [4.69, 9.17) is 17.0 Å². The van der Waals surface area contributed by atoms with Crippen LogP contribution in [0.2, 0.25) is 5.02 Å². The zero-order valence-corrected chi connectivity index (χ0v) is 14.4. The summed E-state index contributed by atoms with van der Waals surface area (Å²) in [6, 6.07) is 7.76. The first-order valence-corrected chi connectivity index (χ1v) is 8.78. The van der Waals surface area contributed by atoms with E-state index >= 15 is 0 Å². The van der Waals surface area contributed by atoms with E-state index in [9.17, 15) is 0 Å². The molecule has 0 radical (unpaired) electrons. The summed E-state index contributed by atoms with van der Waals surface area (Å²) >= 11 is 7.67. The van der Waals surface area contributed by atoms with E-state index in [1.165, 1.54) is 10.4 Å². The molecule has 0 saturated carbocycles. The fourth-order valence-corrected chi connectivity index (χ4v) is 4.48. The third-order valence-electron chi connectivity index (χ3n) is 4.33. The van der Waals surface area contributed by atoms with Crippen LogP contribution in [0.15, 0.2) is 30.6 Å². The number of fused-ring (bicyclic) bond motifs is 3. The summed E-state index contributed by atoms with van der Waals surface area (Å²) < 4.78 is 1.91. The van der Waals surface area contributed by atoms with Gasteiger partial charge in [-0.15, -0.1) is 11.3 Å². The highest BCUT2D eigenvalue weighted by Crippen LogP contribution is 2.31. The van der Waals surface area contributed by atoms with Crippen molar-refractivity contribution in [3.8, 4) is 0 Å². The van der Waals surface area contributed by atoms with Crippen molar-refractivity contribution in [2.45, 2.75) is 19.5 Å². The Balaban J connectivity index is 1.78. The SMILES string of the molecule is CN1CCc2c(sc3ncn(Cc4ccc(Cl)cc4)c(=N)c23)C1. The molecule has 0 amide bonds. The van der Waals surface area contributed by atoms with Gasteiger partial charge in [-0.2, -0.15) is 0 Å². The molecule has 4 nitrogen and oxygen atoms in total. The van der Waals surface area contributed by atoms with Crippen molar-refractivity contribution in [3.63, 3.8) is 0 Å². The van der Waals surface area contributed by atoms with Crippen LogP contribution in [0, 0.1) is 5.41 Å². The minimum Gasteiger partial charge on any atom is -0.312 e. The lowest BCUT2D eigenvalue weighted by Crippen LogP contribution is -2.27. The van der Waals surface area contributed by atoms with Gasteiger partial charge in [0.15, 0.2) is 0 Å². The fraction of sp³-hybridized carbons (Fsp3) is 0.294. The molecule has 1 aliphatic heterocycles. The van der Waals surface area contributed by atoms with Gasteiger partial charge in [-0.1, -0.05) is 23.7 Å². The molecule has 0 unspecified atom stereocenters. The molecule has 1 aromatic carbocycles. The monoisotopic (exact) mass is 344 g/mol. The quantitative estimate of drug-likeness (QED) is 0.775. The molecule has 3 aromatic rings. The smallest absolute Gasteiger partial charge is 0.136 e. The molecule has 0 aliphatic carbocycles. The molecule has 6 heteroatoms. The van der Waals surface area contributed by atoms with Crippen molar-refractivity contribution in [1.29, 1.82) is 5.41 Å². The fourth-order valence-electron chi connectivity index (χ4n) is 3.08. The number of rotatable bonds is 2. The van der Waals surface area contributed by atoms with Crippen LogP contribution < -0.4 is 5.49 Å². The van der Waals surface area contributed by atoms with Crippen molar-refractivity contribution in [2.24, 2.45) is 0 Å². The number of hydrogen-bond acceptors (Lipinski definition) is 4. The minimum absolute atomic E-state index is 0.562. The van der Waals surface area contributed by atoms with E-state index in [1.54, 1.807) is 17.7 Å². The van der Waals surface area contributed by atoms with Crippen molar-refractivity contribution in [2.75, 3.05) is 13.6 Å². The van der Waals surface area contributed by atoms with E-state index in [-0.39, 0.29) is 0 Å². The Kier molecular flexibility index (Phi) is 3.71. The molecule has 1 N–H and O–H groups in total. The predicted molar refractivity (Wildman–Crippen MR) is 94.1 cm³/mol. The number of nitrogens with zero attached hydrogens (tertiary/aromatic N) is 3. The highest BCUT2D eigenvalue weighted by molar-refractivity contribution is 7.18. The minimum atomic E-state index is 0.562. The van der Waals surface area contributed by atoms with Gasteiger partial charge in [-0.3, -0.25) is 5.41 Å². The first-order valence-electron chi connectivity index (χ1n) is 7.59. The summed E-state index contributed by atoms with van der Waals surface area (Å²) in [5.74, 6) is 0. The normalized spacial score (nSPS) is 15.0. The summed E-state index contributed by atoms with van der Waals surface area (Å²) in [4.78, 5) is 9.27. The maximum Gasteiger partial charge on any atom is 0.136 e. The molecule has 23 heavy (non-hydrogen) atoms. The number of aromatic nitrogens is 2. The predicted octanol–water partition coefficient (Wildman–Crippen LogP) is 3.27. The molecule has 0 atom stereocenters. The lowest BCUT2D eigenvalue weighted by Gasteiger charge is -2.22. The molecule has 0 bridgehead atoms. The summed E-state index contributed by atoms with van der Waals surface area (Å²) in [5, 5.41) is 10.4. The second-order valence-corrected chi connectivity index (χ2v) is 7.54. The van der Waals surface area contributed by atoms with Crippen LogP contribution in [0.25, 0.3) is 10.2 Å². The van der Waals surface area contributed by atoms with Crippen molar-refractivity contribution >= 4 is 33.2 Å². The molecule has 118 valence electrons. The van der Waals surface area contributed by atoms with Crippen molar-refractivity contribution in [1.82, 2.24) is 14.5 Å². The van der Waals surface area contributed by atoms with Crippen LogP contribution in [0.4, 0.5) is 0 Å². The Morgan fingerprint density at radius 1 is 1.30 bits per heavy atom. The van der Waals surface area contributed by atoms with E-state index in [1.807, 2.05) is 28.8 Å². The first-order chi connectivity index (χ1) is 11.1. The Morgan fingerprint density at radius 3 is 2.87 bits per heavy atom. The van der Waals surface area contributed by atoms with Crippen LogP contribution in [0.1, 0.15) is 16.0 Å². The molecule has 1 aliphatic rings. The largest absolute Gasteiger partial charge is 0.312 e. The molecule has 4 rings (SSSR count). The van der Waals surface area contributed by atoms with Gasteiger partial charge < -0.3 is 9.47 Å². The topological polar surface area (TPSA) is 44.9 Å². The molecule has 0 spiro atoms. The molecular weight excluding hydrogens is 328 g/mol. The second-order valence-electron chi connectivity index (χ2n) is 6.02. The Morgan fingerprint density at radius 2 is 2.09 bits per heavy atom. The van der Waals surface area contributed by atoms with Gasteiger partial charge in [0.05, 0.1) is 18.3 Å². The number of halogens is 1. The number of benzene rings is 1. The van der Waals surface area contributed by atoms with Gasteiger partial charge in [0.1, 0.15) is 10.3 Å². The zero-order valence-electron chi connectivity index (χ0n) is 12.8. The maximum absolute atomic E-state index is 8.63. The Bertz CT molecular complexity index is 926. The van der Waals surface area contributed by atoms with E-state index in [0.717, 1.165) is 40.3 Å².